The van der Waals surface area contributed by atoms with Gasteiger partial charge in [0.05, 0.1) is 6.20 Å². The summed E-state index contributed by atoms with van der Waals surface area (Å²) in [5, 5.41) is 4.16. The fraction of sp³-hybridized carbons (Fsp3) is 0.500. The Balaban J connectivity index is 1.97. The van der Waals surface area contributed by atoms with Gasteiger partial charge in [0.25, 0.3) is 0 Å². The monoisotopic (exact) mass is 233 g/mol. The molecule has 0 aromatic carbocycles. The first-order valence-corrected chi connectivity index (χ1v) is 5.88. The van der Waals surface area contributed by atoms with Gasteiger partial charge in [-0.05, 0) is 18.9 Å². The number of hydrogen-bond donors (Lipinski definition) is 1. The molecule has 2 N–H and O–H groups in total. The summed E-state index contributed by atoms with van der Waals surface area (Å²) in [7, 11) is 1.93. The number of nitrogens with zero attached hydrogens (tertiary/aromatic N) is 4. The highest BCUT2D eigenvalue weighted by molar-refractivity contribution is 5.04. The fourth-order valence-corrected chi connectivity index (χ4v) is 1.87. The van der Waals surface area contributed by atoms with E-state index in [9.17, 15) is 0 Å². The first-order valence-electron chi connectivity index (χ1n) is 5.88. The Labute approximate surface area is 101 Å². The second kappa shape index (κ2) is 5.14. The zero-order chi connectivity index (χ0) is 12.3. The Morgan fingerprint density at radius 1 is 1.47 bits per heavy atom. The number of rotatable bonds is 5. The third-order valence-electron chi connectivity index (χ3n) is 2.71. The maximum Gasteiger partial charge on any atom is 0.110 e. The van der Waals surface area contributed by atoms with E-state index in [1.807, 2.05) is 43.4 Å². The van der Waals surface area contributed by atoms with Crippen molar-refractivity contribution < 1.29 is 0 Å². The van der Waals surface area contributed by atoms with Crippen LogP contribution in [-0.2, 0) is 26.4 Å². The van der Waals surface area contributed by atoms with Crippen LogP contribution in [0.4, 0.5) is 0 Å². The van der Waals surface area contributed by atoms with E-state index in [1.165, 1.54) is 5.56 Å². The summed E-state index contributed by atoms with van der Waals surface area (Å²) < 4.78 is 3.99. The van der Waals surface area contributed by atoms with Crippen molar-refractivity contribution in [1.82, 2.24) is 19.3 Å². The lowest BCUT2D eigenvalue weighted by Gasteiger charge is -2.08. The Bertz CT molecular complexity index is 469. The molecule has 0 fully saturated rings. The van der Waals surface area contributed by atoms with Gasteiger partial charge in [0.15, 0.2) is 0 Å². The van der Waals surface area contributed by atoms with Crippen LogP contribution in [0.5, 0.6) is 0 Å². The average Bonchev–Trinajstić information content (AvgIpc) is 2.84. The van der Waals surface area contributed by atoms with E-state index < -0.39 is 0 Å². The summed E-state index contributed by atoms with van der Waals surface area (Å²) in [5.74, 6) is 1.06. The lowest BCUT2D eigenvalue weighted by molar-refractivity contribution is 0.612. The van der Waals surface area contributed by atoms with Crippen LogP contribution in [-0.4, -0.2) is 25.4 Å². The molecule has 0 saturated carbocycles. The van der Waals surface area contributed by atoms with E-state index in [2.05, 4.69) is 14.6 Å². The molecule has 92 valence electrons. The van der Waals surface area contributed by atoms with Crippen LogP contribution < -0.4 is 5.73 Å². The molecule has 2 heterocycles. The van der Waals surface area contributed by atoms with Gasteiger partial charge in [-0.1, -0.05) is 0 Å². The molecule has 0 radical (unpaired) electrons. The van der Waals surface area contributed by atoms with Gasteiger partial charge in [0.1, 0.15) is 5.82 Å². The highest BCUT2D eigenvalue weighted by atomic mass is 15.2. The van der Waals surface area contributed by atoms with Gasteiger partial charge < -0.3 is 10.3 Å². The van der Waals surface area contributed by atoms with E-state index in [0.29, 0.717) is 0 Å². The molecule has 17 heavy (non-hydrogen) atoms. The van der Waals surface area contributed by atoms with Crippen LogP contribution in [0.2, 0.25) is 0 Å². The smallest absolute Gasteiger partial charge is 0.110 e. The number of imidazole rings is 1. The Morgan fingerprint density at radius 2 is 2.29 bits per heavy atom. The summed E-state index contributed by atoms with van der Waals surface area (Å²) in [6.07, 6.45) is 9.58. The van der Waals surface area contributed by atoms with E-state index in [0.717, 1.165) is 25.2 Å². The SMILES string of the molecule is CC(N)Cc1nccn1CCc1cnn(C)c1. The van der Waals surface area contributed by atoms with Crippen molar-refractivity contribution in [3.8, 4) is 0 Å². The van der Waals surface area contributed by atoms with Crippen molar-refractivity contribution >= 4 is 0 Å². The molecule has 2 aromatic heterocycles. The largest absolute Gasteiger partial charge is 0.335 e. The normalized spacial score (nSPS) is 12.9. The summed E-state index contributed by atoms with van der Waals surface area (Å²) in [5.41, 5.74) is 7.04. The first-order chi connectivity index (χ1) is 8.15. The molecule has 0 aliphatic rings. The summed E-state index contributed by atoms with van der Waals surface area (Å²) in [6.45, 7) is 2.92. The number of aromatic nitrogens is 4. The maximum atomic E-state index is 5.80. The van der Waals surface area contributed by atoms with Crippen molar-refractivity contribution in [2.45, 2.75) is 32.4 Å². The lowest BCUT2D eigenvalue weighted by Crippen LogP contribution is -2.20. The third kappa shape index (κ3) is 3.17. The fourth-order valence-electron chi connectivity index (χ4n) is 1.87. The minimum atomic E-state index is 0.148. The van der Waals surface area contributed by atoms with Gasteiger partial charge in [0, 0.05) is 44.6 Å². The predicted molar refractivity (Wildman–Crippen MR) is 66.5 cm³/mol. The van der Waals surface area contributed by atoms with Crippen LogP contribution in [0.25, 0.3) is 0 Å². The summed E-state index contributed by atoms with van der Waals surface area (Å²) in [6, 6.07) is 0.148. The quantitative estimate of drug-likeness (QED) is 0.829. The van der Waals surface area contributed by atoms with Crippen LogP contribution in [0.15, 0.2) is 24.8 Å². The van der Waals surface area contributed by atoms with Crippen molar-refractivity contribution in [3.63, 3.8) is 0 Å². The maximum absolute atomic E-state index is 5.80. The molecular weight excluding hydrogens is 214 g/mol. The average molecular weight is 233 g/mol. The van der Waals surface area contributed by atoms with Gasteiger partial charge in [0.2, 0.25) is 0 Å². The molecule has 0 aliphatic heterocycles. The molecule has 0 amide bonds. The number of aryl methyl sites for hydroxylation is 3. The van der Waals surface area contributed by atoms with Crippen LogP contribution in [0.3, 0.4) is 0 Å². The Morgan fingerprint density at radius 3 is 2.94 bits per heavy atom. The molecule has 5 nitrogen and oxygen atoms in total. The van der Waals surface area contributed by atoms with Crippen LogP contribution in [0.1, 0.15) is 18.3 Å². The van der Waals surface area contributed by atoms with Gasteiger partial charge in [-0.3, -0.25) is 4.68 Å². The summed E-state index contributed by atoms with van der Waals surface area (Å²) in [4.78, 5) is 4.34. The standard InChI is InChI=1S/C12H19N5/c1-10(13)7-12-14-4-6-17(12)5-3-11-8-15-16(2)9-11/h4,6,8-10H,3,5,7,13H2,1-2H3. The zero-order valence-electron chi connectivity index (χ0n) is 10.4. The van der Waals surface area contributed by atoms with Crippen molar-refractivity contribution in [1.29, 1.82) is 0 Å². The first kappa shape index (κ1) is 11.9. The molecular formula is C12H19N5. The molecule has 1 unspecified atom stereocenters. The minimum Gasteiger partial charge on any atom is -0.335 e. The van der Waals surface area contributed by atoms with Crippen molar-refractivity contribution in [2.24, 2.45) is 12.8 Å². The molecule has 0 spiro atoms. The van der Waals surface area contributed by atoms with Gasteiger partial charge >= 0.3 is 0 Å². The zero-order valence-corrected chi connectivity index (χ0v) is 10.4. The van der Waals surface area contributed by atoms with Gasteiger partial charge in [-0.25, -0.2) is 4.98 Å². The predicted octanol–water partition coefficient (Wildman–Crippen LogP) is 0.749. The van der Waals surface area contributed by atoms with E-state index in [-0.39, 0.29) is 6.04 Å². The van der Waals surface area contributed by atoms with E-state index in [1.54, 1.807) is 0 Å². The van der Waals surface area contributed by atoms with Crippen LogP contribution in [0, 0.1) is 0 Å². The van der Waals surface area contributed by atoms with E-state index >= 15 is 0 Å². The van der Waals surface area contributed by atoms with Crippen molar-refractivity contribution in [2.75, 3.05) is 0 Å². The van der Waals surface area contributed by atoms with E-state index in [4.69, 9.17) is 5.73 Å². The minimum absolute atomic E-state index is 0.148. The molecule has 1 atom stereocenters. The lowest BCUT2D eigenvalue weighted by atomic mass is 10.2. The molecule has 0 aliphatic carbocycles. The Kier molecular flexibility index (Phi) is 3.58. The number of hydrogen-bond acceptors (Lipinski definition) is 3. The second-order valence-electron chi connectivity index (χ2n) is 4.49. The topological polar surface area (TPSA) is 61.7 Å². The highest BCUT2D eigenvalue weighted by Crippen LogP contribution is 2.05. The molecule has 2 aromatic rings. The molecule has 0 saturated heterocycles. The Hall–Kier alpha value is -1.62. The molecule has 0 bridgehead atoms. The van der Waals surface area contributed by atoms with Crippen molar-refractivity contribution in [3.05, 3.63) is 36.2 Å². The molecule has 5 heteroatoms. The second-order valence-corrected chi connectivity index (χ2v) is 4.49. The van der Waals surface area contributed by atoms with Gasteiger partial charge in [-0.2, -0.15) is 5.10 Å². The third-order valence-corrected chi connectivity index (χ3v) is 2.71. The molecule has 2 rings (SSSR count). The van der Waals surface area contributed by atoms with Gasteiger partial charge in [-0.15, -0.1) is 0 Å². The number of nitrogens with two attached hydrogens (primary N) is 1. The highest BCUT2D eigenvalue weighted by Gasteiger charge is 2.06. The van der Waals surface area contributed by atoms with Crippen LogP contribution >= 0.6 is 0 Å². The summed E-state index contributed by atoms with van der Waals surface area (Å²) >= 11 is 0.